The summed E-state index contributed by atoms with van der Waals surface area (Å²) in [5.74, 6) is 0.637. The summed E-state index contributed by atoms with van der Waals surface area (Å²) in [5, 5.41) is 13.6. The molecular weight excluding hydrogens is 402 g/mol. The molecule has 1 aromatic heterocycles. The van der Waals surface area contributed by atoms with Crippen LogP contribution in [0.2, 0.25) is 0 Å². The molecule has 0 fully saturated rings. The Bertz CT molecular complexity index is 1100. The first kappa shape index (κ1) is 20.3. The molecule has 0 radical (unpaired) electrons. The van der Waals surface area contributed by atoms with Gasteiger partial charge in [0.25, 0.3) is 0 Å². The molecule has 2 N–H and O–H groups in total. The summed E-state index contributed by atoms with van der Waals surface area (Å²) in [6.07, 6.45) is 3.57. The summed E-state index contributed by atoms with van der Waals surface area (Å²) in [5.41, 5.74) is 3.75. The van der Waals surface area contributed by atoms with Crippen molar-refractivity contribution in [2.75, 3.05) is 17.7 Å². The Morgan fingerprint density at radius 3 is 2.93 bits per heavy atom. The van der Waals surface area contributed by atoms with Crippen molar-refractivity contribution in [3.63, 3.8) is 0 Å². The molecule has 8 heteroatoms. The monoisotopic (exact) mass is 425 g/mol. The van der Waals surface area contributed by atoms with Crippen LogP contribution in [0.3, 0.4) is 0 Å². The highest BCUT2D eigenvalue weighted by atomic mass is 32.2. The maximum absolute atomic E-state index is 12.8. The smallest absolute Gasteiger partial charge is 0.224 e. The first-order valence-electron chi connectivity index (χ1n) is 9.72. The van der Waals surface area contributed by atoms with Crippen molar-refractivity contribution in [1.29, 1.82) is 0 Å². The van der Waals surface area contributed by atoms with Gasteiger partial charge in [-0.2, -0.15) is 0 Å². The van der Waals surface area contributed by atoms with Crippen molar-refractivity contribution >= 4 is 22.4 Å². The van der Waals surface area contributed by atoms with Crippen LogP contribution in [0, 0.1) is 6.92 Å². The molecule has 1 aliphatic rings. The Morgan fingerprint density at radius 2 is 2.10 bits per heavy atom. The quantitative estimate of drug-likeness (QED) is 0.607. The molecule has 0 aliphatic carbocycles. The van der Waals surface area contributed by atoms with Crippen molar-refractivity contribution in [1.82, 2.24) is 9.55 Å². The molecule has 2 atom stereocenters. The molecule has 0 bridgehead atoms. The standard InChI is InChI=1S/C22H23N3O4S/c1-15-4-2-3-5-20(15)25-11-10-23-22(25)30(28)14-17(26)13-29-18-7-8-19-16(12-18)6-9-21(27)24-19/h2-5,7-8,10-12,17,26H,6,9,13-14H2,1H3,(H,24,27)/t17-,30-/m1/s1. The molecule has 0 saturated heterocycles. The maximum Gasteiger partial charge on any atom is 0.224 e. The number of benzene rings is 2. The van der Waals surface area contributed by atoms with Crippen LogP contribution in [0.4, 0.5) is 5.69 Å². The SMILES string of the molecule is Cc1ccccc1-n1ccnc1[S@](=O)C[C@H](O)COc1ccc2c(c1)CCC(=O)N2. The largest absolute Gasteiger partial charge is 0.491 e. The molecule has 2 aromatic carbocycles. The zero-order valence-electron chi connectivity index (χ0n) is 16.6. The zero-order chi connectivity index (χ0) is 21.1. The Kier molecular flexibility index (Phi) is 5.96. The summed E-state index contributed by atoms with van der Waals surface area (Å²) < 4.78 is 20.3. The fraction of sp³-hybridized carbons (Fsp3) is 0.273. The predicted octanol–water partition coefficient (Wildman–Crippen LogP) is 2.61. The molecule has 156 valence electrons. The number of imidazole rings is 1. The number of anilines is 1. The lowest BCUT2D eigenvalue weighted by atomic mass is 10.0. The van der Waals surface area contributed by atoms with Crippen molar-refractivity contribution in [2.24, 2.45) is 0 Å². The van der Waals surface area contributed by atoms with E-state index in [2.05, 4.69) is 10.3 Å². The van der Waals surface area contributed by atoms with E-state index in [1.807, 2.05) is 37.3 Å². The number of amides is 1. The third kappa shape index (κ3) is 4.44. The van der Waals surface area contributed by atoms with Crippen molar-refractivity contribution in [3.8, 4) is 11.4 Å². The number of ether oxygens (including phenoxy) is 1. The highest BCUT2D eigenvalue weighted by Gasteiger charge is 2.19. The minimum Gasteiger partial charge on any atom is -0.491 e. The van der Waals surface area contributed by atoms with E-state index in [-0.39, 0.29) is 18.3 Å². The van der Waals surface area contributed by atoms with Gasteiger partial charge in [-0.3, -0.25) is 13.6 Å². The summed E-state index contributed by atoms with van der Waals surface area (Å²) >= 11 is 0. The molecule has 0 unspecified atom stereocenters. The van der Waals surface area contributed by atoms with E-state index in [1.165, 1.54) is 0 Å². The molecule has 1 amide bonds. The highest BCUT2D eigenvalue weighted by Crippen LogP contribution is 2.27. The number of fused-ring (bicyclic) bond motifs is 1. The Hall–Kier alpha value is -2.97. The van der Waals surface area contributed by atoms with Crippen LogP contribution in [0.25, 0.3) is 5.69 Å². The Morgan fingerprint density at radius 1 is 1.27 bits per heavy atom. The number of hydrogen-bond acceptors (Lipinski definition) is 5. The van der Waals surface area contributed by atoms with Gasteiger partial charge < -0.3 is 15.2 Å². The van der Waals surface area contributed by atoms with E-state index in [4.69, 9.17) is 4.74 Å². The lowest BCUT2D eigenvalue weighted by Crippen LogP contribution is -2.25. The van der Waals surface area contributed by atoms with Gasteiger partial charge in [0.05, 0.1) is 28.3 Å². The number of aromatic nitrogens is 2. The number of aliphatic hydroxyl groups is 1. The van der Waals surface area contributed by atoms with Crippen LogP contribution >= 0.6 is 0 Å². The van der Waals surface area contributed by atoms with Gasteiger partial charge in [0, 0.05) is 24.5 Å². The summed E-state index contributed by atoms with van der Waals surface area (Å²) in [4.78, 5) is 15.7. The van der Waals surface area contributed by atoms with Crippen LogP contribution in [0.5, 0.6) is 5.75 Å². The fourth-order valence-corrected chi connectivity index (χ4v) is 4.57. The third-order valence-corrected chi connectivity index (χ3v) is 6.34. The van der Waals surface area contributed by atoms with Gasteiger partial charge >= 0.3 is 0 Å². The van der Waals surface area contributed by atoms with Gasteiger partial charge in [0.2, 0.25) is 11.1 Å². The molecule has 4 rings (SSSR count). The van der Waals surface area contributed by atoms with Gasteiger partial charge in [0.1, 0.15) is 12.4 Å². The van der Waals surface area contributed by atoms with E-state index >= 15 is 0 Å². The van der Waals surface area contributed by atoms with Crippen LogP contribution in [0.1, 0.15) is 17.5 Å². The number of aliphatic hydroxyl groups excluding tert-OH is 1. The summed E-state index contributed by atoms with van der Waals surface area (Å²) in [6, 6.07) is 13.2. The highest BCUT2D eigenvalue weighted by molar-refractivity contribution is 7.84. The zero-order valence-corrected chi connectivity index (χ0v) is 17.4. The average molecular weight is 426 g/mol. The van der Waals surface area contributed by atoms with Gasteiger partial charge in [0.15, 0.2) is 0 Å². The molecule has 1 aliphatic heterocycles. The van der Waals surface area contributed by atoms with Crippen LogP contribution in [-0.2, 0) is 22.0 Å². The Balaban J connectivity index is 1.38. The van der Waals surface area contributed by atoms with E-state index in [0.29, 0.717) is 23.7 Å². The first-order chi connectivity index (χ1) is 14.5. The van der Waals surface area contributed by atoms with Crippen molar-refractivity contribution in [3.05, 3.63) is 66.0 Å². The topological polar surface area (TPSA) is 93.5 Å². The molecule has 0 spiro atoms. The Labute approximate surface area is 177 Å². The van der Waals surface area contributed by atoms with Crippen LogP contribution < -0.4 is 10.1 Å². The predicted molar refractivity (Wildman–Crippen MR) is 114 cm³/mol. The molecule has 30 heavy (non-hydrogen) atoms. The van der Waals surface area contributed by atoms with E-state index < -0.39 is 16.9 Å². The lowest BCUT2D eigenvalue weighted by molar-refractivity contribution is -0.116. The number of para-hydroxylation sites is 1. The lowest BCUT2D eigenvalue weighted by Gasteiger charge is -2.18. The van der Waals surface area contributed by atoms with E-state index in [0.717, 1.165) is 22.5 Å². The second-order valence-corrected chi connectivity index (χ2v) is 8.60. The van der Waals surface area contributed by atoms with Gasteiger partial charge in [-0.1, -0.05) is 18.2 Å². The minimum absolute atomic E-state index is 0.0122. The van der Waals surface area contributed by atoms with E-state index in [9.17, 15) is 14.1 Å². The van der Waals surface area contributed by atoms with Gasteiger partial charge in [-0.05, 0) is 48.7 Å². The normalized spacial score (nSPS) is 15.2. The average Bonchev–Trinajstić information content (AvgIpc) is 3.22. The second-order valence-electron chi connectivity index (χ2n) is 7.21. The molecule has 2 heterocycles. The van der Waals surface area contributed by atoms with E-state index in [1.54, 1.807) is 29.1 Å². The molecule has 0 saturated carbocycles. The van der Waals surface area contributed by atoms with Gasteiger partial charge in [-0.15, -0.1) is 0 Å². The number of carbonyl (C=O) groups excluding carboxylic acids is 1. The minimum atomic E-state index is -1.49. The third-order valence-electron chi connectivity index (χ3n) is 4.94. The number of carbonyl (C=O) groups is 1. The molecule has 7 nitrogen and oxygen atoms in total. The molecular formula is C22H23N3O4S. The van der Waals surface area contributed by atoms with Gasteiger partial charge in [-0.25, -0.2) is 4.98 Å². The maximum atomic E-state index is 12.8. The summed E-state index contributed by atoms with van der Waals surface area (Å²) in [7, 11) is -1.49. The second kappa shape index (κ2) is 8.81. The number of hydrogen-bond donors (Lipinski definition) is 2. The van der Waals surface area contributed by atoms with Crippen LogP contribution in [-0.4, -0.2) is 43.2 Å². The van der Waals surface area contributed by atoms with Crippen LogP contribution in [0.15, 0.2) is 60.0 Å². The number of aryl methyl sites for hydroxylation is 2. The summed E-state index contributed by atoms with van der Waals surface area (Å²) in [6.45, 7) is 2.00. The number of nitrogens with zero attached hydrogens (tertiary/aromatic N) is 2. The first-order valence-corrected chi connectivity index (χ1v) is 11.0. The van der Waals surface area contributed by atoms with Crippen molar-refractivity contribution in [2.45, 2.75) is 31.0 Å². The number of nitrogens with one attached hydrogen (secondary N) is 1. The van der Waals surface area contributed by atoms with Crippen molar-refractivity contribution < 1.29 is 18.8 Å². The molecule has 3 aromatic rings. The number of rotatable bonds is 7. The fourth-order valence-electron chi connectivity index (χ4n) is 3.41.